The molecular weight excluding hydrogens is 283 g/mol. The van der Waals surface area contributed by atoms with Gasteiger partial charge >= 0.3 is 94.9 Å². The number of fused-ring (bicyclic) bond motifs is 1. The van der Waals surface area contributed by atoms with Crippen molar-refractivity contribution in [2.24, 2.45) is 0 Å². The number of rotatable bonds is 1. The van der Waals surface area contributed by atoms with Crippen LogP contribution in [0.1, 0.15) is 5.56 Å². The molecule has 68 valence electrons. The molecule has 1 unspecified atom stereocenters. The molecule has 1 aromatic rings. The van der Waals surface area contributed by atoms with Crippen LogP contribution < -0.4 is 0 Å². The Morgan fingerprint density at radius 2 is 2.08 bits per heavy atom. The average Bonchev–Trinajstić information content (AvgIpc) is 2.46. The Hall–Kier alpha value is 0.508. The minimum atomic E-state index is -0.934. The summed E-state index contributed by atoms with van der Waals surface area (Å²) in [5, 5.41) is 0. The van der Waals surface area contributed by atoms with Crippen LogP contribution in [0.25, 0.3) is 0 Å². The number of halogens is 1. The predicted molar refractivity (Wildman–Crippen MR) is 63.6 cm³/mol. The molecule has 0 amide bonds. The molecular formula is C9H8AsClS2. The molecule has 0 saturated heterocycles. The van der Waals surface area contributed by atoms with Crippen molar-refractivity contribution in [1.29, 1.82) is 0 Å². The van der Waals surface area contributed by atoms with Gasteiger partial charge in [0, 0.05) is 0 Å². The van der Waals surface area contributed by atoms with E-state index in [0.717, 1.165) is 0 Å². The molecule has 0 fully saturated rings. The normalized spacial score (nSPS) is 20.9. The molecule has 2 rings (SSSR count). The first-order valence-electron chi connectivity index (χ1n) is 3.82. The zero-order valence-electron chi connectivity index (χ0n) is 7.03. The van der Waals surface area contributed by atoms with Crippen molar-refractivity contribution in [3.05, 3.63) is 34.2 Å². The van der Waals surface area contributed by atoms with E-state index in [1.54, 1.807) is 5.54 Å². The molecule has 4 heteroatoms. The van der Waals surface area contributed by atoms with Crippen LogP contribution >= 0.6 is 31.6 Å². The zero-order chi connectivity index (χ0) is 9.26. The summed E-state index contributed by atoms with van der Waals surface area (Å²) in [6.45, 7) is 2.14. The van der Waals surface area contributed by atoms with Gasteiger partial charge in [-0.15, -0.1) is 0 Å². The SMILES string of the molecule is Cc1ccc2c(c1)S[As](/C=C/Cl)S2. The number of aryl methyl sites for hydroxylation is 1. The molecule has 1 atom stereocenters. The van der Waals surface area contributed by atoms with Gasteiger partial charge in [0.1, 0.15) is 0 Å². The van der Waals surface area contributed by atoms with Gasteiger partial charge in [0.25, 0.3) is 0 Å². The van der Waals surface area contributed by atoms with E-state index in [9.17, 15) is 0 Å². The maximum absolute atomic E-state index is 5.58. The van der Waals surface area contributed by atoms with Crippen LogP contribution in [0, 0.1) is 6.92 Å². The second-order valence-corrected chi connectivity index (χ2v) is 13.6. The van der Waals surface area contributed by atoms with Crippen molar-refractivity contribution in [2.75, 3.05) is 0 Å². The number of hydrogen-bond acceptors (Lipinski definition) is 2. The monoisotopic (exact) mass is 290 g/mol. The van der Waals surface area contributed by atoms with Gasteiger partial charge in [0.15, 0.2) is 0 Å². The van der Waals surface area contributed by atoms with Gasteiger partial charge in [-0.05, 0) is 0 Å². The molecule has 0 aliphatic carbocycles. The van der Waals surface area contributed by atoms with Crippen molar-refractivity contribution < 1.29 is 0 Å². The van der Waals surface area contributed by atoms with Gasteiger partial charge in [-0.3, -0.25) is 0 Å². The first kappa shape index (κ1) is 10.0. The Morgan fingerprint density at radius 1 is 1.31 bits per heavy atom. The summed E-state index contributed by atoms with van der Waals surface area (Å²) in [6, 6.07) is 6.66. The Bertz CT molecular complexity index is 351. The maximum atomic E-state index is 5.58. The Balaban J connectivity index is 2.25. The fourth-order valence-electron chi connectivity index (χ4n) is 1.08. The number of benzene rings is 1. The third kappa shape index (κ3) is 2.30. The van der Waals surface area contributed by atoms with E-state index in [1.807, 2.05) is 20.0 Å². The molecule has 0 bridgehead atoms. The summed E-state index contributed by atoms with van der Waals surface area (Å²) in [6.07, 6.45) is 0. The van der Waals surface area contributed by atoms with E-state index in [4.69, 9.17) is 11.6 Å². The van der Waals surface area contributed by atoms with Crippen molar-refractivity contribution in [2.45, 2.75) is 16.7 Å². The Morgan fingerprint density at radius 3 is 2.85 bits per heavy atom. The quantitative estimate of drug-likeness (QED) is 0.718. The fourth-order valence-corrected chi connectivity index (χ4v) is 13.9. The topological polar surface area (TPSA) is 0 Å². The summed E-state index contributed by atoms with van der Waals surface area (Å²) in [4.78, 5) is 5.05. The zero-order valence-corrected chi connectivity index (χ0v) is 11.3. The Labute approximate surface area is 94.4 Å². The molecule has 0 N–H and O–H groups in total. The molecule has 0 spiro atoms. The molecule has 0 saturated carbocycles. The predicted octanol–water partition coefficient (Wildman–Crippen LogP) is 3.97. The van der Waals surface area contributed by atoms with Gasteiger partial charge in [0.2, 0.25) is 0 Å². The van der Waals surface area contributed by atoms with E-state index in [0.29, 0.717) is 0 Å². The summed E-state index contributed by atoms with van der Waals surface area (Å²) >= 11 is 4.65. The van der Waals surface area contributed by atoms with Gasteiger partial charge < -0.3 is 0 Å². The van der Waals surface area contributed by atoms with Crippen molar-refractivity contribution >= 4 is 44.0 Å². The second kappa shape index (κ2) is 4.35. The summed E-state index contributed by atoms with van der Waals surface area (Å²) in [5.74, 6) is 0. The van der Waals surface area contributed by atoms with Crippen molar-refractivity contribution in [3.63, 3.8) is 0 Å². The van der Waals surface area contributed by atoms with Crippen molar-refractivity contribution in [3.8, 4) is 0 Å². The van der Waals surface area contributed by atoms with Crippen LogP contribution in [0.3, 0.4) is 0 Å². The standard InChI is InChI=1S/C9H8AsClS2/c1-7-2-3-8-9(6-7)13-10(12-8)4-5-11/h2-6H,1H3/b5-4+. The Kier molecular flexibility index (Phi) is 3.36. The third-order valence-corrected chi connectivity index (χ3v) is 12.9. The van der Waals surface area contributed by atoms with Crippen molar-refractivity contribution in [1.82, 2.24) is 0 Å². The fraction of sp³-hybridized carbons (Fsp3) is 0.111. The molecule has 1 aliphatic rings. The van der Waals surface area contributed by atoms with Gasteiger partial charge in [0.05, 0.1) is 0 Å². The molecule has 13 heavy (non-hydrogen) atoms. The van der Waals surface area contributed by atoms with Gasteiger partial charge in [-0.25, -0.2) is 0 Å². The molecule has 0 aromatic heterocycles. The first-order valence-corrected chi connectivity index (χ1v) is 11.5. The van der Waals surface area contributed by atoms with Gasteiger partial charge in [-0.2, -0.15) is 0 Å². The first-order chi connectivity index (χ1) is 6.29. The van der Waals surface area contributed by atoms with E-state index in [1.165, 1.54) is 15.4 Å². The average molecular weight is 291 g/mol. The van der Waals surface area contributed by atoms with Crippen LogP contribution in [0.2, 0.25) is 0 Å². The van der Waals surface area contributed by atoms with Crippen LogP contribution in [0.4, 0.5) is 0 Å². The van der Waals surface area contributed by atoms with E-state index in [2.05, 4.69) is 30.0 Å². The molecule has 1 aliphatic heterocycles. The summed E-state index contributed by atoms with van der Waals surface area (Å²) in [5.41, 5.74) is 3.01. The van der Waals surface area contributed by atoms with Crippen LogP contribution in [0.5, 0.6) is 0 Å². The molecule has 1 aromatic carbocycles. The van der Waals surface area contributed by atoms with Crippen LogP contribution in [0.15, 0.2) is 38.4 Å². The van der Waals surface area contributed by atoms with E-state index >= 15 is 0 Å². The molecule has 0 nitrogen and oxygen atoms in total. The minimum absolute atomic E-state index is 0.934. The third-order valence-electron chi connectivity index (χ3n) is 1.65. The van der Waals surface area contributed by atoms with Gasteiger partial charge in [-0.1, -0.05) is 0 Å². The summed E-state index contributed by atoms with van der Waals surface area (Å²) < 4.78 is 0. The van der Waals surface area contributed by atoms with E-state index < -0.39 is 12.3 Å². The second-order valence-electron chi connectivity index (χ2n) is 2.69. The number of hydrogen-bond donors (Lipinski definition) is 0. The van der Waals surface area contributed by atoms with E-state index in [-0.39, 0.29) is 0 Å². The molecule has 0 radical (unpaired) electrons. The summed E-state index contributed by atoms with van der Waals surface area (Å²) in [7, 11) is 4.02. The van der Waals surface area contributed by atoms with Crippen LogP contribution in [-0.4, -0.2) is 12.3 Å². The molecule has 1 heterocycles. The van der Waals surface area contributed by atoms with Crippen LogP contribution in [-0.2, 0) is 0 Å².